The molecule has 0 aliphatic carbocycles. The highest BCUT2D eigenvalue weighted by atomic mass is 19.1. The number of carbonyl (C=O) groups is 1. The van der Waals surface area contributed by atoms with Gasteiger partial charge in [0.15, 0.2) is 0 Å². The fourth-order valence-electron chi connectivity index (χ4n) is 1.75. The predicted molar refractivity (Wildman–Crippen MR) is 81.4 cm³/mol. The zero-order chi connectivity index (χ0) is 15.1. The van der Waals surface area contributed by atoms with E-state index in [-0.39, 0.29) is 5.82 Å². The van der Waals surface area contributed by atoms with E-state index >= 15 is 0 Å². The summed E-state index contributed by atoms with van der Waals surface area (Å²) < 4.78 is 18.0. The number of carbonyl (C=O) groups excluding carboxylic acids is 1. The van der Waals surface area contributed by atoms with Crippen LogP contribution in [0.3, 0.4) is 0 Å². The lowest BCUT2D eigenvalue weighted by molar-refractivity contribution is -0.128. The van der Waals surface area contributed by atoms with Crippen LogP contribution in [0.1, 0.15) is 6.92 Å². The van der Waals surface area contributed by atoms with Gasteiger partial charge in [0.2, 0.25) is 0 Å². The van der Waals surface area contributed by atoms with Gasteiger partial charge in [-0.3, -0.25) is 0 Å². The molecule has 0 unspecified atom stereocenters. The summed E-state index contributed by atoms with van der Waals surface area (Å²) in [5.41, 5.74) is 1.83. The molecule has 21 heavy (non-hydrogen) atoms. The second-order valence-corrected chi connectivity index (χ2v) is 4.34. The van der Waals surface area contributed by atoms with Crippen LogP contribution in [0.25, 0.3) is 11.1 Å². The summed E-state index contributed by atoms with van der Waals surface area (Å²) in [6.07, 6.45) is 6.54. The van der Waals surface area contributed by atoms with Crippen LogP contribution in [0, 0.1) is 5.82 Å². The topological polar surface area (TPSA) is 26.3 Å². The van der Waals surface area contributed by atoms with Crippen molar-refractivity contribution in [1.82, 2.24) is 0 Å². The molecule has 0 saturated heterocycles. The summed E-state index contributed by atoms with van der Waals surface area (Å²) in [6, 6.07) is 13.3. The Kier molecular flexibility index (Phi) is 5.04. The van der Waals surface area contributed by atoms with Crippen molar-refractivity contribution in [1.29, 1.82) is 0 Å². The van der Waals surface area contributed by atoms with Crippen LogP contribution in [0.15, 0.2) is 72.8 Å². The van der Waals surface area contributed by atoms with Crippen molar-refractivity contribution >= 4 is 5.97 Å². The minimum atomic E-state index is -0.428. The molecule has 0 N–H and O–H groups in total. The standard InChI is InChI=1S/C18H15FO2/c1-2-3-4-5-18(20)21-17-12-8-15(9-13-17)14-6-10-16(19)11-7-14/h2-13H,1H3. The molecule has 0 atom stereocenters. The van der Waals surface area contributed by atoms with Gasteiger partial charge in [0.1, 0.15) is 11.6 Å². The molecule has 3 heteroatoms. The molecule has 106 valence electrons. The van der Waals surface area contributed by atoms with Crippen LogP contribution in [0.2, 0.25) is 0 Å². The summed E-state index contributed by atoms with van der Waals surface area (Å²) in [4.78, 5) is 11.5. The molecule has 0 spiro atoms. The van der Waals surface area contributed by atoms with Crippen LogP contribution in [-0.4, -0.2) is 5.97 Å². The van der Waals surface area contributed by atoms with E-state index < -0.39 is 5.97 Å². The third-order valence-corrected chi connectivity index (χ3v) is 2.79. The minimum absolute atomic E-state index is 0.266. The molecule has 0 saturated carbocycles. The maximum atomic E-state index is 12.9. The molecule has 0 amide bonds. The lowest BCUT2D eigenvalue weighted by Gasteiger charge is -2.04. The third-order valence-electron chi connectivity index (χ3n) is 2.79. The Hall–Kier alpha value is -2.68. The second kappa shape index (κ2) is 7.20. The van der Waals surface area contributed by atoms with Crippen molar-refractivity contribution in [3.8, 4) is 16.9 Å². The Morgan fingerprint density at radius 2 is 1.52 bits per heavy atom. The quantitative estimate of drug-likeness (QED) is 0.356. The number of rotatable bonds is 4. The van der Waals surface area contributed by atoms with Crippen LogP contribution >= 0.6 is 0 Å². The molecule has 0 heterocycles. The van der Waals surface area contributed by atoms with Crippen molar-refractivity contribution in [2.45, 2.75) is 6.92 Å². The molecule has 2 aromatic rings. The first-order valence-corrected chi connectivity index (χ1v) is 6.56. The average molecular weight is 282 g/mol. The van der Waals surface area contributed by atoms with Gasteiger partial charge in [-0.2, -0.15) is 0 Å². The fourth-order valence-corrected chi connectivity index (χ4v) is 1.75. The van der Waals surface area contributed by atoms with E-state index in [1.165, 1.54) is 18.2 Å². The Labute approximate surface area is 123 Å². The SMILES string of the molecule is CC=CC=CC(=O)Oc1ccc(-c2ccc(F)cc2)cc1. The molecule has 0 fully saturated rings. The van der Waals surface area contributed by atoms with E-state index in [4.69, 9.17) is 4.74 Å². The third kappa shape index (κ3) is 4.42. The highest BCUT2D eigenvalue weighted by Gasteiger charge is 2.02. The Morgan fingerprint density at radius 1 is 0.952 bits per heavy atom. The molecule has 0 aliphatic heterocycles. The van der Waals surface area contributed by atoms with Crippen molar-refractivity contribution in [3.05, 3.63) is 78.7 Å². The molecule has 2 rings (SSSR count). The highest BCUT2D eigenvalue weighted by Crippen LogP contribution is 2.22. The Morgan fingerprint density at radius 3 is 2.10 bits per heavy atom. The van der Waals surface area contributed by atoms with Crippen LogP contribution in [-0.2, 0) is 4.79 Å². The zero-order valence-corrected chi connectivity index (χ0v) is 11.6. The number of allylic oxidation sites excluding steroid dienone is 3. The predicted octanol–water partition coefficient (Wildman–Crippen LogP) is 4.53. The first-order chi connectivity index (χ1) is 10.2. The van der Waals surface area contributed by atoms with Gasteiger partial charge in [-0.05, 0) is 42.3 Å². The lowest BCUT2D eigenvalue weighted by atomic mass is 10.1. The maximum Gasteiger partial charge on any atom is 0.336 e. The molecule has 0 bridgehead atoms. The first-order valence-electron chi connectivity index (χ1n) is 6.56. The minimum Gasteiger partial charge on any atom is -0.423 e. The molecule has 0 aliphatic rings. The molecule has 2 nitrogen and oxygen atoms in total. The molecular weight excluding hydrogens is 267 g/mol. The van der Waals surface area contributed by atoms with Gasteiger partial charge in [0, 0.05) is 6.08 Å². The van der Waals surface area contributed by atoms with E-state index in [9.17, 15) is 9.18 Å². The molecule has 0 radical (unpaired) electrons. The summed E-state index contributed by atoms with van der Waals surface area (Å²) in [6.45, 7) is 1.86. The number of hydrogen-bond acceptors (Lipinski definition) is 2. The number of benzene rings is 2. The van der Waals surface area contributed by atoms with Gasteiger partial charge in [0.05, 0.1) is 0 Å². The van der Waals surface area contributed by atoms with E-state index in [1.807, 2.05) is 25.1 Å². The van der Waals surface area contributed by atoms with Crippen molar-refractivity contribution < 1.29 is 13.9 Å². The van der Waals surface area contributed by atoms with Gasteiger partial charge in [-0.1, -0.05) is 42.5 Å². The monoisotopic (exact) mass is 282 g/mol. The molecule has 2 aromatic carbocycles. The summed E-state index contributed by atoms with van der Waals surface area (Å²) in [5.74, 6) is -0.226. The largest absolute Gasteiger partial charge is 0.423 e. The first kappa shape index (κ1) is 14.7. The number of halogens is 1. The summed E-state index contributed by atoms with van der Waals surface area (Å²) in [5, 5.41) is 0. The number of ether oxygens (including phenoxy) is 1. The molecular formula is C18H15FO2. The van der Waals surface area contributed by atoms with Gasteiger partial charge in [0.25, 0.3) is 0 Å². The van der Waals surface area contributed by atoms with Gasteiger partial charge in [-0.15, -0.1) is 0 Å². The average Bonchev–Trinajstić information content (AvgIpc) is 2.49. The second-order valence-electron chi connectivity index (χ2n) is 4.34. The van der Waals surface area contributed by atoms with E-state index in [0.717, 1.165) is 11.1 Å². The van der Waals surface area contributed by atoms with E-state index in [2.05, 4.69) is 0 Å². The zero-order valence-electron chi connectivity index (χ0n) is 11.6. The number of hydrogen-bond donors (Lipinski definition) is 0. The Balaban J connectivity index is 2.05. The van der Waals surface area contributed by atoms with Crippen LogP contribution in [0.5, 0.6) is 5.75 Å². The van der Waals surface area contributed by atoms with E-state index in [1.54, 1.807) is 36.4 Å². The van der Waals surface area contributed by atoms with Crippen LogP contribution in [0.4, 0.5) is 4.39 Å². The smallest absolute Gasteiger partial charge is 0.336 e. The van der Waals surface area contributed by atoms with Crippen molar-refractivity contribution in [2.75, 3.05) is 0 Å². The number of esters is 1. The van der Waals surface area contributed by atoms with Crippen molar-refractivity contribution in [2.24, 2.45) is 0 Å². The fraction of sp³-hybridized carbons (Fsp3) is 0.0556. The normalized spacial score (nSPS) is 11.1. The van der Waals surface area contributed by atoms with Crippen LogP contribution < -0.4 is 4.74 Å². The maximum absolute atomic E-state index is 12.9. The van der Waals surface area contributed by atoms with Gasteiger partial charge >= 0.3 is 5.97 Å². The van der Waals surface area contributed by atoms with Gasteiger partial charge in [-0.25, -0.2) is 9.18 Å². The Bertz CT molecular complexity index is 653. The molecule has 0 aromatic heterocycles. The van der Waals surface area contributed by atoms with E-state index in [0.29, 0.717) is 5.75 Å². The lowest BCUT2D eigenvalue weighted by Crippen LogP contribution is -2.03. The van der Waals surface area contributed by atoms with Gasteiger partial charge < -0.3 is 4.74 Å². The summed E-state index contributed by atoms with van der Waals surface area (Å²) >= 11 is 0. The van der Waals surface area contributed by atoms with Crippen molar-refractivity contribution in [3.63, 3.8) is 0 Å². The highest BCUT2D eigenvalue weighted by molar-refractivity contribution is 5.84. The summed E-state index contributed by atoms with van der Waals surface area (Å²) in [7, 11) is 0.